The van der Waals surface area contributed by atoms with Gasteiger partial charge in [-0.15, -0.1) is 6.58 Å². The van der Waals surface area contributed by atoms with Gasteiger partial charge in [-0.05, 0) is 72.1 Å². The molecule has 1 unspecified atom stereocenters. The summed E-state index contributed by atoms with van der Waals surface area (Å²) in [4.78, 5) is 0. The van der Waals surface area contributed by atoms with Crippen LogP contribution in [0.5, 0.6) is 5.75 Å². The number of alkyl halides is 1. The zero-order valence-corrected chi connectivity index (χ0v) is 19.8. The fourth-order valence-electron chi connectivity index (χ4n) is 3.23. The van der Waals surface area contributed by atoms with E-state index in [0.717, 1.165) is 25.0 Å². The molecule has 0 amide bonds. The van der Waals surface area contributed by atoms with Crippen molar-refractivity contribution in [1.29, 1.82) is 0 Å². The lowest BCUT2D eigenvalue weighted by Gasteiger charge is -2.32. The van der Waals surface area contributed by atoms with E-state index in [-0.39, 0.29) is 15.3 Å². The highest BCUT2D eigenvalue weighted by Gasteiger charge is 2.28. The molecule has 1 nitrogen and oxygen atoms in total. The average molecular weight is 433 g/mol. The Hall–Kier alpha value is -1.28. The molecule has 1 aromatic carbocycles. The third kappa shape index (κ3) is 10.0. The van der Waals surface area contributed by atoms with Crippen molar-refractivity contribution >= 4 is 22.0 Å². The van der Waals surface area contributed by atoms with Crippen LogP contribution in [0.4, 0.5) is 0 Å². The number of halogens is 1. The third-order valence-corrected chi connectivity index (χ3v) is 4.76. The van der Waals surface area contributed by atoms with Crippen LogP contribution in [0.2, 0.25) is 0 Å². The summed E-state index contributed by atoms with van der Waals surface area (Å²) in [5.41, 5.74) is 2.32. The molecular weight excluding hydrogens is 396 g/mol. The minimum Gasteiger partial charge on any atom is -0.488 e. The lowest BCUT2D eigenvalue weighted by Crippen LogP contribution is -2.34. The Morgan fingerprint density at radius 3 is 2.15 bits per heavy atom. The Labute approximate surface area is 175 Å². The monoisotopic (exact) mass is 432 g/mol. The van der Waals surface area contributed by atoms with Crippen LogP contribution in [0, 0.1) is 5.41 Å². The van der Waals surface area contributed by atoms with E-state index in [1.54, 1.807) is 0 Å². The molecule has 150 valence electrons. The standard InChI is InChI=1S/C25H37BrO/c1-9-25(8,17-10-11-20(2)3)18-16-21-12-14-22(15-13-21)27-24(6,7)19-23(4,5)26/h9,11-16,18H,1,10,17,19H2,2-8H3/b18-16+. The molecule has 0 aliphatic rings. The average Bonchev–Trinajstić information content (AvgIpc) is 2.51. The molecule has 0 saturated carbocycles. The molecule has 0 fully saturated rings. The first-order chi connectivity index (χ1) is 12.3. The van der Waals surface area contributed by atoms with Gasteiger partial charge in [-0.2, -0.15) is 0 Å². The highest BCUT2D eigenvalue weighted by atomic mass is 79.9. The molecule has 1 rings (SSSR count). The summed E-state index contributed by atoms with van der Waals surface area (Å²) in [7, 11) is 0. The molecule has 0 spiro atoms. The molecule has 0 saturated heterocycles. The van der Waals surface area contributed by atoms with Gasteiger partial charge in [0.15, 0.2) is 0 Å². The Morgan fingerprint density at radius 2 is 1.67 bits per heavy atom. The lowest BCUT2D eigenvalue weighted by molar-refractivity contribution is 0.0915. The van der Waals surface area contributed by atoms with Gasteiger partial charge >= 0.3 is 0 Å². The second-order valence-electron chi connectivity index (χ2n) is 9.19. The van der Waals surface area contributed by atoms with Gasteiger partial charge in [-0.25, -0.2) is 0 Å². The summed E-state index contributed by atoms with van der Waals surface area (Å²) >= 11 is 3.71. The molecule has 0 bridgehead atoms. The van der Waals surface area contributed by atoms with Crippen molar-refractivity contribution in [3.63, 3.8) is 0 Å². The molecule has 0 aromatic heterocycles. The number of allylic oxidation sites excluding steroid dienone is 4. The van der Waals surface area contributed by atoms with E-state index in [2.05, 4.69) is 113 Å². The SMILES string of the molecule is C=CC(C)(/C=C/c1ccc(OC(C)(C)CC(C)(C)Br)cc1)CCC=C(C)C. The quantitative estimate of drug-likeness (QED) is 0.266. The zero-order chi connectivity index (χ0) is 20.7. The summed E-state index contributed by atoms with van der Waals surface area (Å²) in [5, 5.41) is 0. The van der Waals surface area contributed by atoms with Gasteiger partial charge in [-0.1, -0.05) is 64.9 Å². The fraction of sp³-hybridized carbons (Fsp3) is 0.520. The van der Waals surface area contributed by atoms with Crippen molar-refractivity contribution < 1.29 is 4.74 Å². The Bertz CT molecular complexity index is 655. The van der Waals surface area contributed by atoms with Crippen LogP contribution in [0.25, 0.3) is 6.08 Å². The maximum Gasteiger partial charge on any atom is 0.120 e. The van der Waals surface area contributed by atoms with Crippen molar-refractivity contribution in [2.24, 2.45) is 5.41 Å². The molecule has 0 aliphatic heterocycles. The molecule has 0 N–H and O–H groups in total. The molecule has 0 aliphatic carbocycles. The van der Waals surface area contributed by atoms with Gasteiger partial charge in [-0.3, -0.25) is 0 Å². The predicted molar refractivity (Wildman–Crippen MR) is 125 cm³/mol. The number of benzene rings is 1. The van der Waals surface area contributed by atoms with E-state index in [1.807, 2.05) is 6.08 Å². The van der Waals surface area contributed by atoms with Crippen LogP contribution in [0.15, 0.2) is 54.6 Å². The molecule has 27 heavy (non-hydrogen) atoms. The maximum absolute atomic E-state index is 6.20. The Morgan fingerprint density at radius 1 is 1.07 bits per heavy atom. The van der Waals surface area contributed by atoms with E-state index < -0.39 is 0 Å². The first-order valence-corrected chi connectivity index (χ1v) is 10.6. The van der Waals surface area contributed by atoms with Gasteiger partial charge in [0.05, 0.1) is 0 Å². The van der Waals surface area contributed by atoms with E-state index in [1.165, 1.54) is 11.1 Å². The van der Waals surface area contributed by atoms with E-state index in [9.17, 15) is 0 Å². The second kappa shape index (κ2) is 9.78. The highest BCUT2D eigenvalue weighted by Crippen LogP contribution is 2.32. The van der Waals surface area contributed by atoms with E-state index in [0.29, 0.717) is 0 Å². The summed E-state index contributed by atoms with van der Waals surface area (Å²) in [6, 6.07) is 8.33. The van der Waals surface area contributed by atoms with Crippen molar-refractivity contribution in [2.45, 2.75) is 77.7 Å². The first-order valence-electron chi connectivity index (χ1n) is 9.78. The minimum atomic E-state index is -0.226. The number of hydrogen-bond acceptors (Lipinski definition) is 1. The van der Waals surface area contributed by atoms with Crippen LogP contribution in [-0.2, 0) is 0 Å². The topological polar surface area (TPSA) is 9.23 Å². The van der Waals surface area contributed by atoms with Gasteiger partial charge < -0.3 is 4.74 Å². The summed E-state index contributed by atoms with van der Waals surface area (Å²) in [6.07, 6.45) is 11.8. The molecule has 0 radical (unpaired) electrons. The van der Waals surface area contributed by atoms with Crippen LogP contribution in [0.3, 0.4) is 0 Å². The summed E-state index contributed by atoms with van der Waals surface area (Å²) in [5.74, 6) is 0.906. The van der Waals surface area contributed by atoms with Crippen LogP contribution < -0.4 is 4.74 Å². The number of hydrogen-bond donors (Lipinski definition) is 0. The Balaban J connectivity index is 2.76. The molecule has 2 heteroatoms. The van der Waals surface area contributed by atoms with Crippen molar-refractivity contribution in [1.82, 2.24) is 0 Å². The van der Waals surface area contributed by atoms with Gasteiger partial charge in [0, 0.05) is 16.2 Å². The lowest BCUT2D eigenvalue weighted by atomic mass is 9.84. The molecular formula is C25H37BrO. The Kier molecular flexibility index (Phi) is 8.60. The molecule has 0 heterocycles. The van der Waals surface area contributed by atoms with Crippen LogP contribution in [-0.4, -0.2) is 9.93 Å². The predicted octanol–water partition coefficient (Wildman–Crippen LogP) is 8.36. The third-order valence-electron chi connectivity index (χ3n) is 4.48. The smallest absolute Gasteiger partial charge is 0.120 e. The normalized spacial score (nSPS) is 14.7. The van der Waals surface area contributed by atoms with Crippen LogP contribution in [0.1, 0.15) is 73.3 Å². The van der Waals surface area contributed by atoms with E-state index >= 15 is 0 Å². The molecule has 1 atom stereocenters. The van der Waals surface area contributed by atoms with Gasteiger partial charge in [0.25, 0.3) is 0 Å². The maximum atomic E-state index is 6.20. The van der Waals surface area contributed by atoms with Crippen molar-refractivity contribution in [3.8, 4) is 5.75 Å². The van der Waals surface area contributed by atoms with Crippen LogP contribution >= 0.6 is 15.9 Å². The minimum absolute atomic E-state index is 0.00453. The molecule has 1 aromatic rings. The fourth-order valence-corrected chi connectivity index (χ4v) is 3.90. The van der Waals surface area contributed by atoms with Gasteiger partial charge in [0.1, 0.15) is 11.4 Å². The number of rotatable bonds is 10. The second-order valence-corrected chi connectivity index (χ2v) is 11.3. The zero-order valence-electron chi connectivity index (χ0n) is 18.2. The largest absolute Gasteiger partial charge is 0.488 e. The van der Waals surface area contributed by atoms with Gasteiger partial charge in [0.2, 0.25) is 0 Å². The number of ether oxygens (including phenoxy) is 1. The van der Waals surface area contributed by atoms with E-state index in [4.69, 9.17) is 4.74 Å². The van der Waals surface area contributed by atoms with Crippen molar-refractivity contribution in [3.05, 3.63) is 60.2 Å². The summed E-state index contributed by atoms with van der Waals surface area (Å²) < 4.78 is 6.25. The highest BCUT2D eigenvalue weighted by molar-refractivity contribution is 9.10. The van der Waals surface area contributed by atoms with Crippen molar-refractivity contribution in [2.75, 3.05) is 0 Å². The summed E-state index contributed by atoms with van der Waals surface area (Å²) in [6.45, 7) is 19.1. The first kappa shape index (κ1) is 23.8.